The van der Waals surface area contributed by atoms with Gasteiger partial charge in [-0.25, -0.2) is 4.79 Å². The molecule has 2 aromatic carbocycles. The molecule has 0 saturated heterocycles. The lowest BCUT2D eigenvalue weighted by Gasteiger charge is -2.15. The van der Waals surface area contributed by atoms with E-state index in [2.05, 4.69) is 15.6 Å². The van der Waals surface area contributed by atoms with Crippen LogP contribution in [-0.4, -0.2) is 17.0 Å². The molecule has 0 spiro atoms. The van der Waals surface area contributed by atoms with Crippen LogP contribution in [0.2, 0.25) is 0 Å². The number of carbonyl (C=O) groups is 2. The summed E-state index contributed by atoms with van der Waals surface area (Å²) in [5, 5.41) is 5.54. The van der Waals surface area contributed by atoms with Gasteiger partial charge in [0.2, 0.25) is 0 Å². The van der Waals surface area contributed by atoms with E-state index in [0.29, 0.717) is 16.9 Å². The van der Waals surface area contributed by atoms with E-state index in [1.807, 2.05) is 13.0 Å². The number of hydrogen-bond donors (Lipinski definition) is 3. The van der Waals surface area contributed by atoms with Crippen LogP contribution in [0.25, 0.3) is 0 Å². The predicted octanol–water partition coefficient (Wildman–Crippen LogP) is 3.90. The molecular weight excluding hydrogens is 368 g/mol. The smallest absolute Gasteiger partial charge is 0.407 e. The van der Waals surface area contributed by atoms with Crippen LogP contribution >= 0.6 is 0 Å². The molecule has 0 aliphatic heterocycles. The van der Waals surface area contributed by atoms with Crippen LogP contribution in [0.4, 0.5) is 16.2 Å². The molecule has 0 aliphatic rings. The van der Waals surface area contributed by atoms with Gasteiger partial charge in [-0.1, -0.05) is 30.3 Å². The highest BCUT2D eigenvalue weighted by Gasteiger charge is 2.13. The summed E-state index contributed by atoms with van der Waals surface area (Å²) in [6.07, 6.45) is 2.77. The van der Waals surface area contributed by atoms with Crippen molar-refractivity contribution in [1.29, 1.82) is 0 Å². The molecule has 1 unspecified atom stereocenters. The van der Waals surface area contributed by atoms with Crippen molar-refractivity contribution in [1.82, 2.24) is 10.3 Å². The molecule has 4 N–H and O–H groups in total. The first-order valence-corrected chi connectivity index (χ1v) is 9.11. The van der Waals surface area contributed by atoms with E-state index >= 15 is 0 Å². The zero-order chi connectivity index (χ0) is 20.6. The maximum Gasteiger partial charge on any atom is 0.407 e. The van der Waals surface area contributed by atoms with Crippen molar-refractivity contribution < 1.29 is 14.3 Å². The van der Waals surface area contributed by atoms with E-state index in [1.165, 1.54) is 0 Å². The molecule has 3 aromatic rings. The van der Waals surface area contributed by atoms with E-state index < -0.39 is 6.09 Å². The van der Waals surface area contributed by atoms with Gasteiger partial charge in [0, 0.05) is 23.5 Å². The van der Waals surface area contributed by atoms with Crippen LogP contribution in [0, 0.1) is 0 Å². The summed E-state index contributed by atoms with van der Waals surface area (Å²) in [5.74, 6) is -0.258. The van der Waals surface area contributed by atoms with Gasteiger partial charge >= 0.3 is 6.09 Å². The SMILES string of the molecule is CC(NC(=O)OCc1cccnc1)c1ccc(C(=O)Nc2ccccc2N)cc1. The maximum atomic E-state index is 12.4. The molecule has 0 radical (unpaired) electrons. The Morgan fingerprint density at radius 2 is 1.83 bits per heavy atom. The van der Waals surface area contributed by atoms with Crippen LogP contribution in [0.5, 0.6) is 0 Å². The molecule has 1 atom stereocenters. The third-order valence-electron chi connectivity index (χ3n) is 4.31. The standard InChI is InChI=1S/C22H22N4O3/c1-15(25-22(28)29-14-16-5-4-12-24-13-16)17-8-10-18(11-9-17)21(27)26-20-7-3-2-6-19(20)23/h2-13,15H,14,23H2,1H3,(H,25,28)(H,26,27). The Kier molecular flexibility index (Phi) is 6.42. The molecule has 0 bridgehead atoms. The predicted molar refractivity (Wildman–Crippen MR) is 111 cm³/mol. The first-order chi connectivity index (χ1) is 14.0. The quantitative estimate of drug-likeness (QED) is 0.554. The van der Waals surface area contributed by atoms with Crippen LogP contribution in [0.1, 0.15) is 34.5 Å². The van der Waals surface area contributed by atoms with E-state index in [1.54, 1.807) is 67.0 Å². The number of nitrogen functional groups attached to an aromatic ring is 1. The molecule has 7 nitrogen and oxygen atoms in total. The number of rotatable bonds is 6. The third kappa shape index (κ3) is 5.55. The molecule has 2 amide bonds. The topological polar surface area (TPSA) is 106 Å². The fraction of sp³-hybridized carbons (Fsp3) is 0.136. The number of benzene rings is 2. The highest BCUT2D eigenvalue weighted by molar-refractivity contribution is 6.05. The molecule has 7 heteroatoms. The number of carbonyl (C=O) groups excluding carboxylic acids is 2. The Labute approximate surface area is 168 Å². The molecule has 29 heavy (non-hydrogen) atoms. The maximum absolute atomic E-state index is 12.4. The van der Waals surface area contributed by atoms with Crippen molar-refractivity contribution in [2.24, 2.45) is 0 Å². The monoisotopic (exact) mass is 390 g/mol. The Bertz CT molecular complexity index is 975. The van der Waals surface area contributed by atoms with E-state index in [-0.39, 0.29) is 18.6 Å². The van der Waals surface area contributed by atoms with Gasteiger partial charge in [-0.05, 0) is 42.8 Å². The molecule has 0 saturated carbocycles. The Balaban J connectivity index is 1.54. The van der Waals surface area contributed by atoms with E-state index in [0.717, 1.165) is 11.1 Å². The fourth-order valence-corrected chi connectivity index (χ4v) is 2.66. The lowest BCUT2D eigenvalue weighted by Crippen LogP contribution is -2.27. The van der Waals surface area contributed by atoms with Gasteiger partial charge < -0.3 is 21.1 Å². The summed E-state index contributed by atoms with van der Waals surface area (Å²) in [7, 11) is 0. The number of hydrogen-bond acceptors (Lipinski definition) is 5. The summed E-state index contributed by atoms with van der Waals surface area (Å²) in [4.78, 5) is 28.3. The van der Waals surface area contributed by atoms with Crippen molar-refractivity contribution >= 4 is 23.4 Å². The van der Waals surface area contributed by atoms with Crippen molar-refractivity contribution in [3.63, 3.8) is 0 Å². The molecule has 148 valence electrons. The van der Waals surface area contributed by atoms with Gasteiger partial charge in [-0.2, -0.15) is 0 Å². The average molecular weight is 390 g/mol. The number of nitrogens with zero attached hydrogens (tertiary/aromatic N) is 1. The van der Waals surface area contributed by atoms with Crippen molar-refractivity contribution in [3.8, 4) is 0 Å². The van der Waals surface area contributed by atoms with E-state index in [4.69, 9.17) is 10.5 Å². The van der Waals surface area contributed by atoms with Crippen molar-refractivity contribution in [3.05, 3.63) is 89.7 Å². The zero-order valence-electron chi connectivity index (χ0n) is 16.0. The molecular formula is C22H22N4O3. The summed E-state index contributed by atoms with van der Waals surface area (Å²) in [6.45, 7) is 1.99. The van der Waals surface area contributed by atoms with Gasteiger partial charge in [0.05, 0.1) is 17.4 Å². The zero-order valence-corrected chi connectivity index (χ0v) is 16.0. The van der Waals surface area contributed by atoms with Crippen LogP contribution < -0.4 is 16.4 Å². The Morgan fingerprint density at radius 1 is 1.07 bits per heavy atom. The van der Waals surface area contributed by atoms with Crippen molar-refractivity contribution in [2.45, 2.75) is 19.6 Å². The number of nitrogens with two attached hydrogens (primary N) is 1. The minimum atomic E-state index is -0.525. The van der Waals surface area contributed by atoms with Crippen molar-refractivity contribution in [2.75, 3.05) is 11.1 Å². The van der Waals surface area contributed by atoms with Gasteiger partial charge in [0.15, 0.2) is 0 Å². The summed E-state index contributed by atoms with van der Waals surface area (Å²) in [6, 6.07) is 17.4. The number of aromatic nitrogens is 1. The number of nitrogens with one attached hydrogen (secondary N) is 2. The molecule has 0 fully saturated rings. The summed E-state index contributed by atoms with van der Waals surface area (Å²) >= 11 is 0. The van der Waals surface area contributed by atoms with Gasteiger partial charge in [-0.15, -0.1) is 0 Å². The summed E-state index contributed by atoms with van der Waals surface area (Å²) < 4.78 is 5.19. The molecule has 3 rings (SSSR count). The largest absolute Gasteiger partial charge is 0.445 e. The Hall–Kier alpha value is -3.87. The highest BCUT2D eigenvalue weighted by atomic mass is 16.5. The van der Waals surface area contributed by atoms with Crippen LogP contribution in [0.3, 0.4) is 0 Å². The Morgan fingerprint density at radius 3 is 2.52 bits per heavy atom. The second-order valence-electron chi connectivity index (χ2n) is 6.47. The van der Waals surface area contributed by atoms with E-state index in [9.17, 15) is 9.59 Å². The lowest BCUT2D eigenvalue weighted by molar-refractivity contribution is 0.102. The highest BCUT2D eigenvalue weighted by Crippen LogP contribution is 2.19. The number of anilines is 2. The normalized spacial score (nSPS) is 11.3. The minimum Gasteiger partial charge on any atom is -0.445 e. The molecule has 1 heterocycles. The number of para-hydroxylation sites is 2. The lowest BCUT2D eigenvalue weighted by atomic mass is 10.1. The minimum absolute atomic E-state index is 0.147. The fourth-order valence-electron chi connectivity index (χ4n) is 2.66. The molecule has 1 aromatic heterocycles. The first-order valence-electron chi connectivity index (χ1n) is 9.11. The van der Waals surface area contributed by atoms with Gasteiger partial charge in [0.25, 0.3) is 5.91 Å². The number of pyridine rings is 1. The first kappa shape index (κ1) is 19.9. The molecule has 0 aliphatic carbocycles. The van der Waals surface area contributed by atoms with Crippen LogP contribution in [-0.2, 0) is 11.3 Å². The second-order valence-corrected chi connectivity index (χ2v) is 6.47. The third-order valence-corrected chi connectivity index (χ3v) is 4.31. The number of alkyl carbamates (subject to hydrolysis) is 1. The number of ether oxygens (including phenoxy) is 1. The van der Waals surface area contributed by atoms with Gasteiger partial charge in [0.1, 0.15) is 6.61 Å². The number of amides is 2. The summed E-state index contributed by atoms with van der Waals surface area (Å²) in [5.41, 5.74) is 9.06. The van der Waals surface area contributed by atoms with Crippen LogP contribution in [0.15, 0.2) is 73.1 Å². The average Bonchev–Trinajstić information content (AvgIpc) is 2.74. The second kappa shape index (κ2) is 9.36. The van der Waals surface area contributed by atoms with Gasteiger partial charge in [-0.3, -0.25) is 9.78 Å².